The molecule has 0 spiro atoms. The number of rotatable bonds is 8. The van der Waals surface area contributed by atoms with E-state index >= 15 is 0 Å². The lowest BCUT2D eigenvalue weighted by Gasteiger charge is -2.34. The minimum atomic E-state index is -0.273. The minimum absolute atomic E-state index is 0.0996. The van der Waals surface area contributed by atoms with Crippen molar-refractivity contribution in [1.82, 2.24) is 4.90 Å². The van der Waals surface area contributed by atoms with Crippen LogP contribution in [0, 0.1) is 5.82 Å². The largest absolute Gasteiger partial charge is 0.493 e. The molecule has 1 saturated heterocycles. The van der Waals surface area contributed by atoms with E-state index in [9.17, 15) is 9.18 Å². The average molecular weight is 432 g/mol. The van der Waals surface area contributed by atoms with Gasteiger partial charge in [-0.15, -0.1) is 0 Å². The summed E-state index contributed by atoms with van der Waals surface area (Å²) in [6, 6.07) is 12.4. The number of hydrogen-bond acceptors (Lipinski definition) is 3. The number of piperazine rings is 1. The molecule has 2 aromatic carbocycles. The number of halogens is 1. The normalized spacial score (nSPS) is 19.5. The van der Waals surface area contributed by atoms with Crippen LogP contribution in [0.25, 0.3) is 0 Å². The van der Waals surface area contributed by atoms with Crippen LogP contribution in [-0.4, -0.2) is 64.3 Å². The molecule has 0 aliphatic carbocycles. The van der Waals surface area contributed by atoms with Crippen LogP contribution in [0.5, 0.6) is 11.5 Å². The molecule has 1 aliphatic heterocycles. The number of nitrogens with zero attached hydrogens (tertiary/aromatic N) is 1. The molecule has 0 radical (unpaired) electrons. The number of nitrogens with one attached hydrogen (secondary N) is 2. The van der Waals surface area contributed by atoms with Crippen molar-refractivity contribution in [3.8, 4) is 11.5 Å². The number of likely N-dealkylation sites (N-methyl/N-ethyl adjacent to an activating group) is 1. The molecule has 1 fully saturated rings. The predicted octanol–water partition coefficient (Wildman–Crippen LogP) is 0.173. The maximum Gasteiger partial charge on any atom is 0.280 e. The molecule has 31 heavy (non-hydrogen) atoms. The Bertz CT molecular complexity index is 884. The predicted molar refractivity (Wildman–Crippen MR) is 117 cm³/mol. The topological polar surface area (TPSA) is 47.7 Å². The van der Waals surface area contributed by atoms with E-state index in [0.29, 0.717) is 6.54 Å². The minimum Gasteiger partial charge on any atom is -0.493 e. The molecule has 1 heterocycles. The van der Waals surface area contributed by atoms with Gasteiger partial charge in [-0.25, -0.2) is 4.39 Å². The number of carbonyl (C=O) groups is 1. The third-order valence-corrected chi connectivity index (χ3v) is 6.17. The number of methoxy groups -OCH3 is 2. The number of quaternary nitrogens is 2. The average Bonchev–Trinajstić information content (AvgIpc) is 2.78. The fraction of sp³-hybridized carbons (Fsp3) is 0.458. The molecule has 168 valence electrons. The molecule has 2 aromatic rings. The molecule has 0 unspecified atom stereocenters. The van der Waals surface area contributed by atoms with Gasteiger partial charge in [-0.05, 0) is 42.8 Å². The lowest BCUT2D eigenvalue weighted by atomic mass is 10.1. The van der Waals surface area contributed by atoms with Crippen molar-refractivity contribution in [3.63, 3.8) is 0 Å². The van der Waals surface area contributed by atoms with Crippen molar-refractivity contribution < 1.29 is 28.5 Å². The molecular formula is C24H34FN3O3+2. The molecule has 1 amide bonds. The first-order valence-corrected chi connectivity index (χ1v) is 10.8. The summed E-state index contributed by atoms with van der Waals surface area (Å²) in [6.45, 7) is 7.26. The third kappa shape index (κ3) is 5.95. The van der Waals surface area contributed by atoms with E-state index in [1.165, 1.54) is 27.5 Å². The van der Waals surface area contributed by atoms with Crippen LogP contribution in [0.15, 0.2) is 42.5 Å². The van der Waals surface area contributed by atoms with Crippen molar-refractivity contribution in [2.75, 3.05) is 47.4 Å². The zero-order valence-corrected chi connectivity index (χ0v) is 18.9. The Morgan fingerprint density at radius 1 is 1.03 bits per heavy atom. The zero-order chi connectivity index (χ0) is 22.4. The van der Waals surface area contributed by atoms with E-state index in [-0.39, 0.29) is 17.8 Å². The monoisotopic (exact) mass is 431 g/mol. The highest BCUT2D eigenvalue weighted by Gasteiger charge is 2.32. The molecule has 0 bridgehead atoms. The van der Waals surface area contributed by atoms with Crippen molar-refractivity contribution in [2.24, 2.45) is 0 Å². The van der Waals surface area contributed by atoms with E-state index in [2.05, 4.69) is 6.07 Å². The number of amides is 1. The van der Waals surface area contributed by atoms with Crippen LogP contribution in [0.2, 0.25) is 0 Å². The quantitative estimate of drug-likeness (QED) is 0.627. The van der Waals surface area contributed by atoms with E-state index < -0.39 is 0 Å². The van der Waals surface area contributed by atoms with E-state index in [4.69, 9.17) is 9.47 Å². The molecule has 1 atom stereocenters. The summed E-state index contributed by atoms with van der Waals surface area (Å²) in [7, 11) is 5.09. The Morgan fingerprint density at radius 2 is 1.74 bits per heavy atom. The molecule has 0 saturated carbocycles. The van der Waals surface area contributed by atoms with Crippen LogP contribution in [-0.2, 0) is 17.9 Å². The van der Waals surface area contributed by atoms with E-state index in [1.54, 1.807) is 32.2 Å². The first-order valence-electron chi connectivity index (χ1n) is 10.8. The maximum absolute atomic E-state index is 13.4. The van der Waals surface area contributed by atoms with Gasteiger partial charge in [0.2, 0.25) is 0 Å². The Kier molecular flexibility index (Phi) is 7.87. The van der Waals surface area contributed by atoms with E-state index in [0.717, 1.165) is 49.8 Å². The van der Waals surface area contributed by atoms with Crippen LogP contribution in [0.1, 0.15) is 18.1 Å². The third-order valence-electron chi connectivity index (χ3n) is 6.17. The Hall–Kier alpha value is -2.64. The number of ether oxygens (including phenoxy) is 2. The summed E-state index contributed by atoms with van der Waals surface area (Å²) in [6.07, 6.45) is 0. The molecule has 3 rings (SSSR count). The maximum atomic E-state index is 13.4. The summed E-state index contributed by atoms with van der Waals surface area (Å²) in [5.74, 6) is 1.32. The molecule has 2 N–H and O–H groups in total. The Labute approximate surface area is 184 Å². The number of hydrogen-bond donors (Lipinski definition) is 2. The van der Waals surface area contributed by atoms with Gasteiger partial charge in [0.05, 0.1) is 14.2 Å². The van der Waals surface area contributed by atoms with Gasteiger partial charge in [0.1, 0.15) is 38.5 Å². The first kappa shape index (κ1) is 23.0. The Balaban J connectivity index is 1.51. The van der Waals surface area contributed by atoms with Crippen LogP contribution in [0.3, 0.4) is 0 Å². The van der Waals surface area contributed by atoms with Gasteiger partial charge < -0.3 is 24.2 Å². The summed E-state index contributed by atoms with van der Waals surface area (Å²) in [5.41, 5.74) is 2.03. The van der Waals surface area contributed by atoms with Gasteiger partial charge >= 0.3 is 0 Å². The van der Waals surface area contributed by atoms with Gasteiger partial charge in [0, 0.05) is 19.2 Å². The molecule has 6 nitrogen and oxygen atoms in total. The highest BCUT2D eigenvalue weighted by atomic mass is 19.1. The second-order valence-corrected chi connectivity index (χ2v) is 8.32. The lowest BCUT2D eigenvalue weighted by Crippen LogP contribution is -3.29. The van der Waals surface area contributed by atoms with Gasteiger partial charge in [0.15, 0.2) is 17.5 Å². The molecule has 1 aliphatic rings. The van der Waals surface area contributed by atoms with Crippen LogP contribution in [0.4, 0.5) is 4.39 Å². The van der Waals surface area contributed by atoms with E-state index in [1.807, 2.05) is 25.1 Å². The second kappa shape index (κ2) is 10.6. The fourth-order valence-corrected chi connectivity index (χ4v) is 4.31. The highest BCUT2D eigenvalue weighted by molar-refractivity contribution is 5.79. The van der Waals surface area contributed by atoms with Gasteiger partial charge in [0.25, 0.3) is 5.91 Å². The Morgan fingerprint density at radius 3 is 2.39 bits per heavy atom. The van der Waals surface area contributed by atoms with Crippen LogP contribution >= 0.6 is 0 Å². The molecule has 7 heteroatoms. The summed E-state index contributed by atoms with van der Waals surface area (Å²) < 4.78 is 24.1. The van der Waals surface area contributed by atoms with Gasteiger partial charge in [-0.3, -0.25) is 4.79 Å². The second-order valence-electron chi connectivity index (χ2n) is 8.32. The number of benzene rings is 2. The first-order chi connectivity index (χ1) is 14.9. The fourth-order valence-electron chi connectivity index (χ4n) is 4.31. The SMILES string of the molecule is COc1ccc(C[NH+]2CC[NH+]([C@H](C)C(=O)N(C)Cc3cccc(F)c3)CC2)cc1OC. The standard InChI is InChI=1S/C24H32FN3O3/c1-18(24(29)26(2)16-19-6-5-7-21(25)14-19)28-12-10-27(11-13-28)17-20-8-9-22(30-3)23(15-20)31-4/h5-9,14-15,18H,10-13,16-17H2,1-4H3/p+2/t18-/m1/s1. The number of carbonyl (C=O) groups excluding carboxylic acids is 1. The zero-order valence-electron chi connectivity index (χ0n) is 18.9. The van der Waals surface area contributed by atoms with Crippen molar-refractivity contribution in [2.45, 2.75) is 26.1 Å². The highest BCUT2D eigenvalue weighted by Crippen LogP contribution is 2.27. The lowest BCUT2D eigenvalue weighted by molar-refractivity contribution is -1.02. The molecular weight excluding hydrogens is 397 g/mol. The molecule has 0 aromatic heterocycles. The smallest absolute Gasteiger partial charge is 0.280 e. The summed E-state index contributed by atoms with van der Waals surface area (Å²) >= 11 is 0. The van der Waals surface area contributed by atoms with Crippen LogP contribution < -0.4 is 19.3 Å². The van der Waals surface area contributed by atoms with Crippen molar-refractivity contribution in [3.05, 3.63) is 59.4 Å². The van der Waals surface area contributed by atoms with Crippen molar-refractivity contribution >= 4 is 5.91 Å². The van der Waals surface area contributed by atoms with Gasteiger partial charge in [-0.1, -0.05) is 12.1 Å². The van der Waals surface area contributed by atoms with Crippen molar-refractivity contribution in [1.29, 1.82) is 0 Å². The summed E-state index contributed by atoms with van der Waals surface area (Å²) in [4.78, 5) is 17.4. The van der Waals surface area contributed by atoms with Gasteiger partial charge in [-0.2, -0.15) is 0 Å². The summed E-state index contributed by atoms with van der Waals surface area (Å²) in [5, 5.41) is 0.